The van der Waals surface area contributed by atoms with Crippen molar-refractivity contribution in [1.29, 1.82) is 0 Å². The zero-order valence-corrected chi connectivity index (χ0v) is 10.1. The number of nitrogens with two attached hydrogens (primary N) is 1. The zero-order chi connectivity index (χ0) is 13.1. The third-order valence-corrected chi connectivity index (χ3v) is 2.43. The molecule has 0 radical (unpaired) electrons. The summed E-state index contributed by atoms with van der Waals surface area (Å²) in [5.74, 6) is 0.700. The van der Waals surface area contributed by atoms with E-state index >= 15 is 0 Å². The summed E-state index contributed by atoms with van der Waals surface area (Å²) in [6, 6.07) is 2.96. The van der Waals surface area contributed by atoms with Gasteiger partial charge in [-0.3, -0.25) is 9.89 Å². The van der Waals surface area contributed by atoms with Gasteiger partial charge >= 0.3 is 0 Å². The number of nitrogens with one attached hydrogen (secondary N) is 2. The average Bonchev–Trinajstić information content (AvgIpc) is 2.80. The van der Waals surface area contributed by atoms with Crippen molar-refractivity contribution in [3.8, 4) is 0 Å². The van der Waals surface area contributed by atoms with Gasteiger partial charge in [0.1, 0.15) is 18.0 Å². The minimum atomic E-state index is -0.255. The number of anilines is 1. The van der Waals surface area contributed by atoms with Crippen LogP contribution in [0.25, 0.3) is 0 Å². The first-order chi connectivity index (χ1) is 8.56. The summed E-state index contributed by atoms with van der Waals surface area (Å²) < 4.78 is 0. The number of nitrogens with zero attached hydrogens (tertiary/aromatic N) is 3. The first-order valence-corrected chi connectivity index (χ1v) is 5.46. The Morgan fingerprint density at radius 3 is 2.89 bits per heavy atom. The monoisotopic (exact) mass is 246 g/mol. The minimum absolute atomic E-state index is 0.226. The zero-order valence-electron chi connectivity index (χ0n) is 10.1. The Labute approximate surface area is 104 Å². The van der Waals surface area contributed by atoms with Crippen LogP contribution in [0.3, 0.4) is 0 Å². The molecule has 7 nitrogen and oxygen atoms in total. The van der Waals surface area contributed by atoms with Crippen LogP contribution < -0.4 is 11.1 Å². The number of hydrogen-bond donors (Lipinski definition) is 3. The second-order valence-electron chi connectivity index (χ2n) is 3.99. The van der Waals surface area contributed by atoms with Crippen molar-refractivity contribution in [1.82, 2.24) is 25.5 Å². The lowest BCUT2D eigenvalue weighted by atomic mass is 10.2. The fourth-order valence-corrected chi connectivity index (χ4v) is 1.60. The standard InChI is InChI=1S/C11H14N6O/c1-6-3-8(4-9(12)15-6)11(18)16-7(2)10-13-5-14-17-10/h3-5,7H,1-2H3,(H2,12,15)(H,16,18)(H,13,14,17). The number of H-pyrrole nitrogens is 1. The summed E-state index contributed by atoms with van der Waals surface area (Å²) in [5.41, 5.74) is 6.78. The molecule has 1 atom stereocenters. The molecule has 0 saturated heterocycles. The topological polar surface area (TPSA) is 110 Å². The first kappa shape index (κ1) is 12.0. The van der Waals surface area contributed by atoms with Crippen molar-refractivity contribution in [3.05, 3.63) is 35.5 Å². The molecule has 0 aliphatic heterocycles. The number of aromatic amines is 1. The van der Waals surface area contributed by atoms with E-state index in [2.05, 4.69) is 25.5 Å². The van der Waals surface area contributed by atoms with Crippen molar-refractivity contribution < 1.29 is 4.79 Å². The third kappa shape index (κ3) is 2.62. The van der Waals surface area contributed by atoms with E-state index in [0.717, 1.165) is 0 Å². The van der Waals surface area contributed by atoms with Gasteiger partial charge < -0.3 is 11.1 Å². The number of carbonyl (C=O) groups excluding carboxylic acids is 1. The number of hydrogen-bond acceptors (Lipinski definition) is 5. The molecule has 7 heteroatoms. The van der Waals surface area contributed by atoms with Gasteiger partial charge in [-0.1, -0.05) is 0 Å². The van der Waals surface area contributed by atoms with Crippen molar-refractivity contribution in [2.24, 2.45) is 0 Å². The Kier molecular flexibility index (Phi) is 3.22. The summed E-state index contributed by atoms with van der Waals surface area (Å²) in [6.45, 7) is 3.60. The van der Waals surface area contributed by atoms with E-state index < -0.39 is 0 Å². The van der Waals surface area contributed by atoms with Crippen molar-refractivity contribution in [2.45, 2.75) is 19.9 Å². The number of pyridine rings is 1. The lowest BCUT2D eigenvalue weighted by molar-refractivity contribution is 0.0938. The Morgan fingerprint density at radius 2 is 2.28 bits per heavy atom. The molecule has 2 heterocycles. The number of rotatable bonds is 3. The molecule has 1 unspecified atom stereocenters. The molecule has 1 amide bonds. The molecule has 0 bridgehead atoms. The Bertz CT molecular complexity index is 530. The summed E-state index contributed by atoms with van der Waals surface area (Å²) in [7, 11) is 0. The van der Waals surface area contributed by atoms with Crippen molar-refractivity contribution in [2.75, 3.05) is 5.73 Å². The second-order valence-corrected chi connectivity index (χ2v) is 3.99. The van der Waals surface area contributed by atoms with Crippen molar-refractivity contribution in [3.63, 3.8) is 0 Å². The Morgan fingerprint density at radius 1 is 1.50 bits per heavy atom. The normalized spacial score (nSPS) is 12.1. The van der Waals surface area contributed by atoms with Crippen LogP contribution in [0.2, 0.25) is 0 Å². The molecule has 0 fully saturated rings. The molecule has 2 aromatic rings. The highest BCUT2D eigenvalue weighted by Gasteiger charge is 2.14. The summed E-state index contributed by atoms with van der Waals surface area (Å²) >= 11 is 0. The number of amides is 1. The number of aromatic nitrogens is 4. The molecule has 0 aliphatic rings. The van der Waals surface area contributed by atoms with Crippen LogP contribution in [-0.2, 0) is 0 Å². The smallest absolute Gasteiger partial charge is 0.252 e. The second kappa shape index (κ2) is 4.82. The summed E-state index contributed by atoms with van der Waals surface area (Å²) in [6.07, 6.45) is 1.40. The highest BCUT2D eigenvalue weighted by atomic mass is 16.1. The average molecular weight is 246 g/mol. The fourth-order valence-electron chi connectivity index (χ4n) is 1.60. The van der Waals surface area contributed by atoms with E-state index in [1.807, 2.05) is 6.92 Å². The molecule has 0 aliphatic carbocycles. The minimum Gasteiger partial charge on any atom is -0.384 e. The van der Waals surface area contributed by atoms with E-state index in [9.17, 15) is 4.79 Å². The molecular formula is C11H14N6O. The number of carbonyl (C=O) groups is 1. The predicted octanol–water partition coefficient (Wildman–Crippen LogP) is 0.581. The van der Waals surface area contributed by atoms with Gasteiger partial charge in [0.05, 0.1) is 6.04 Å². The van der Waals surface area contributed by atoms with Crippen LogP contribution in [0.5, 0.6) is 0 Å². The highest BCUT2D eigenvalue weighted by Crippen LogP contribution is 2.10. The molecular weight excluding hydrogens is 232 g/mol. The molecule has 0 aromatic carbocycles. The molecule has 2 aromatic heterocycles. The summed E-state index contributed by atoms with van der Waals surface area (Å²) in [4.78, 5) is 20.0. The fraction of sp³-hybridized carbons (Fsp3) is 0.273. The number of nitrogen functional groups attached to an aromatic ring is 1. The maximum Gasteiger partial charge on any atom is 0.252 e. The van der Waals surface area contributed by atoms with Gasteiger partial charge in [0.2, 0.25) is 0 Å². The van der Waals surface area contributed by atoms with Crippen LogP contribution in [0.4, 0.5) is 5.82 Å². The number of aryl methyl sites for hydroxylation is 1. The lowest BCUT2D eigenvalue weighted by Crippen LogP contribution is -2.27. The van der Waals surface area contributed by atoms with Gasteiger partial charge in [-0.05, 0) is 26.0 Å². The van der Waals surface area contributed by atoms with Crippen LogP contribution in [0, 0.1) is 6.92 Å². The van der Waals surface area contributed by atoms with Gasteiger partial charge in [0.15, 0.2) is 0 Å². The van der Waals surface area contributed by atoms with Crippen LogP contribution >= 0.6 is 0 Å². The van der Waals surface area contributed by atoms with Gasteiger partial charge in [-0.15, -0.1) is 0 Å². The van der Waals surface area contributed by atoms with E-state index in [0.29, 0.717) is 22.9 Å². The van der Waals surface area contributed by atoms with E-state index in [4.69, 9.17) is 5.73 Å². The van der Waals surface area contributed by atoms with E-state index in [1.165, 1.54) is 12.4 Å². The van der Waals surface area contributed by atoms with E-state index in [-0.39, 0.29) is 11.9 Å². The molecule has 2 rings (SSSR count). The largest absolute Gasteiger partial charge is 0.384 e. The lowest BCUT2D eigenvalue weighted by Gasteiger charge is -2.11. The maximum atomic E-state index is 12.0. The summed E-state index contributed by atoms with van der Waals surface area (Å²) in [5, 5.41) is 9.23. The Hall–Kier alpha value is -2.44. The van der Waals surface area contributed by atoms with Crippen molar-refractivity contribution >= 4 is 11.7 Å². The maximum absolute atomic E-state index is 12.0. The van der Waals surface area contributed by atoms with Gasteiger partial charge in [0, 0.05) is 11.3 Å². The van der Waals surface area contributed by atoms with Gasteiger partial charge in [-0.2, -0.15) is 5.10 Å². The molecule has 0 spiro atoms. The van der Waals surface area contributed by atoms with Crippen LogP contribution in [0.15, 0.2) is 18.5 Å². The van der Waals surface area contributed by atoms with E-state index in [1.54, 1.807) is 13.0 Å². The predicted molar refractivity (Wildman–Crippen MR) is 65.7 cm³/mol. The molecule has 18 heavy (non-hydrogen) atoms. The quantitative estimate of drug-likeness (QED) is 0.733. The third-order valence-electron chi connectivity index (χ3n) is 2.43. The van der Waals surface area contributed by atoms with Gasteiger partial charge in [-0.25, -0.2) is 9.97 Å². The van der Waals surface area contributed by atoms with Gasteiger partial charge in [0.25, 0.3) is 5.91 Å². The Balaban J connectivity index is 2.12. The molecule has 4 N–H and O–H groups in total. The SMILES string of the molecule is Cc1cc(C(=O)NC(C)c2ncn[nH]2)cc(N)n1. The van der Waals surface area contributed by atoms with Crippen LogP contribution in [-0.4, -0.2) is 26.1 Å². The first-order valence-electron chi connectivity index (χ1n) is 5.46. The molecule has 94 valence electrons. The highest BCUT2D eigenvalue weighted by molar-refractivity contribution is 5.95. The molecule has 0 saturated carbocycles. The van der Waals surface area contributed by atoms with Crippen LogP contribution in [0.1, 0.15) is 34.8 Å².